The molecule has 0 aliphatic carbocycles. The molecule has 386 valence electrons. The van der Waals surface area contributed by atoms with Gasteiger partial charge in [0.15, 0.2) is 12.6 Å². The highest BCUT2D eigenvalue weighted by molar-refractivity contribution is 5.76. The molecular weight excluding hydrogens is 847 g/mol. The number of carbonyl (C=O) groups is 1. The van der Waals surface area contributed by atoms with Crippen LogP contribution in [-0.2, 0) is 23.7 Å². The fourth-order valence-electron chi connectivity index (χ4n) is 8.48. The van der Waals surface area contributed by atoms with E-state index in [9.17, 15) is 45.6 Å². The third kappa shape index (κ3) is 25.7. The summed E-state index contributed by atoms with van der Waals surface area (Å²) in [6.07, 6.45) is 27.9. The zero-order chi connectivity index (χ0) is 48.2. The molecule has 12 unspecified atom stereocenters. The predicted octanol–water partition coefficient (Wildman–Crippen LogP) is 7.10. The monoisotopic (exact) mass is 942 g/mol. The Balaban J connectivity index is 1.75. The molecule has 9 N–H and O–H groups in total. The molecule has 1 amide bonds. The van der Waals surface area contributed by atoms with Crippen molar-refractivity contribution in [3.8, 4) is 0 Å². The number of amides is 1. The van der Waals surface area contributed by atoms with E-state index in [4.69, 9.17) is 18.9 Å². The van der Waals surface area contributed by atoms with Gasteiger partial charge in [-0.25, -0.2) is 0 Å². The summed E-state index contributed by atoms with van der Waals surface area (Å²) in [6, 6.07) is -0.928. The van der Waals surface area contributed by atoms with Gasteiger partial charge in [-0.2, -0.15) is 0 Å². The fourth-order valence-corrected chi connectivity index (χ4v) is 8.48. The minimum atomic E-state index is -1.79. The highest BCUT2D eigenvalue weighted by atomic mass is 16.7. The van der Waals surface area contributed by atoms with Crippen LogP contribution in [0.15, 0.2) is 36.5 Å². The second-order valence-electron chi connectivity index (χ2n) is 18.6. The Morgan fingerprint density at radius 2 is 0.970 bits per heavy atom. The highest BCUT2D eigenvalue weighted by Crippen LogP contribution is 2.30. The molecule has 2 heterocycles. The van der Waals surface area contributed by atoms with Crippen LogP contribution in [0.25, 0.3) is 0 Å². The number of hydrogen-bond donors (Lipinski definition) is 9. The molecule has 14 heteroatoms. The quantitative estimate of drug-likeness (QED) is 0.0221. The molecule has 0 bridgehead atoms. The van der Waals surface area contributed by atoms with Crippen molar-refractivity contribution in [1.82, 2.24) is 5.32 Å². The normalized spacial score (nSPS) is 27.1. The fraction of sp³-hybridized carbons (Fsp3) is 0.865. The van der Waals surface area contributed by atoms with Gasteiger partial charge in [-0.05, 0) is 57.8 Å². The molecule has 0 aromatic rings. The maximum Gasteiger partial charge on any atom is 0.220 e. The average Bonchev–Trinajstić information content (AvgIpc) is 3.31. The Morgan fingerprint density at radius 1 is 0.530 bits per heavy atom. The van der Waals surface area contributed by atoms with E-state index >= 15 is 0 Å². The van der Waals surface area contributed by atoms with Crippen molar-refractivity contribution in [2.45, 2.75) is 267 Å². The summed E-state index contributed by atoms with van der Waals surface area (Å²) in [5, 5.41) is 86.5. The number of aliphatic hydroxyl groups excluding tert-OH is 8. The van der Waals surface area contributed by atoms with Crippen molar-refractivity contribution in [3.05, 3.63) is 36.5 Å². The van der Waals surface area contributed by atoms with E-state index in [-0.39, 0.29) is 18.9 Å². The van der Waals surface area contributed by atoms with Crippen LogP contribution >= 0.6 is 0 Å². The van der Waals surface area contributed by atoms with Gasteiger partial charge in [0.25, 0.3) is 0 Å². The van der Waals surface area contributed by atoms with Crippen molar-refractivity contribution in [2.24, 2.45) is 0 Å². The number of aliphatic hydroxyl groups is 8. The molecule has 0 saturated carbocycles. The third-order valence-corrected chi connectivity index (χ3v) is 12.8. The van der Waals surface area contributed by atoms with Crippen LogP contribution < -0.4 is 5.32 Å². The molecule has 2 rings (SSSR count). The Hall–Kier alpha value is -1.79. The van der Waals surface area contributed by atoms with Crippen molar-refractivity contribution >= 4 is 5.91 Å². The molecule has 0 radical (unpaired) electrons. The summed E-state index contributed by atoms with van der Waals surface area (Å²) in [6.45, 7) is 2.71. The number of nitrogens with one attached hydrogen (secondary N) is 1. The van der Waals surface area contributed by atoms with Crippen LogP contribution in [0.2, 0.25) is 0 Å². The van der Waals surface area contributed by atoms with E-state index < -0.39 is 86.8 Å². The van der Waals surface area contributed by atoms with Crippen LogP contribution in [0.5, 0.6) is 0 Å². The second-order valence-corrected chi connectivity index (χ2v) is 18.6. The number of allylic oxidation sites excluding steroid dienone is 5. The first-order valence-electron chi connectivity index (χ1n) is 26.2. The van der Waals surface area contributed by atoms with Gasteiger partial charge in [0.1, 0.15) is 48.8 Å². The van der Waals surface area contributed by atoms with Crippen LogP contribution in [0, 0.1) is 0 Å². The predicted molar refractivity (Wildman–Crippen MR) is 258 cm³/mol. The maximum absolute atomic E-state index is 13.1. The number of unbranched alkanes of at least 4 members (excludes halogenated alkanes) is 23. The molecule has 66 heavy (non-hydrogen) atoms. The van der Waals surface area contributed by atoms with E-state index in [2.05, 4.69) is 43.5 Å². The zero-order valence-electron chi connectivity index (χ0n) is 40.9. The molecular formula is C52H95NO13. The second kappa shape index (κ2) is 39.0. The first-order chi connectivity index (χ1) is 32.1. The number of ether oxygens (including phenoxy) is 4. The Labute approximate surface area is 398 Å². The molecule has 2 saturated heterocycles. The zero-order valence-corrected chi connectivity index (χ0v) is 40.9. The topological polar surface area (TPSA) is 228 Å². The molecule has 0 spiro atoms. The molecule has 0 aromatic carbocycles. The molecule has 2 aliphatic rings. The van der Waals surface area contributed by atoms with Crippen LogP contribution in [0.4, 0.5) is 0 Å². The first kappa shape index (κ1) is 60.3. The van der Waals surface area contributed by atoms with E-state index in [0.717, 1.165) is 38.5 Å². The first-order valence-corrected chi connectivity index (χ1v) is 26.2. The SMILES string of the molecule is CCCCC/C=C/CC/C=C/C(O)C(COC1OC(CO)C(OC2OC(CO)C(O)C(O)C2O)C(O)C1O)NC(=O)CCCCCCCCCCCCC/C=C\CCCCCCCCCC. The lowest BCUT2D eigenvalue weighted by Crippen LogP contribution is -2.65. The lowest BCUT2D eigenvalue weighted by Gasteiger charge is -2.46. The van der Waals surface area contributed by atoms with Gasteiger partial charge < -0.3 is 65.1 Å². The van der Waals surface area contributed by atoms with E-state index in [1.807, 2.05) is 6.08 Å². The summed E-state index contributed by atoms with van der Waals surface area (Å²) in [5.74, 6) is -0.253. The van der Waals surface area contributed by atoms with E-state index in [1.54, 1.807) is 6.08 Å². The molecule has 0 aromatic heterocycles. The van der Waals surface area contributed by atoms with Gasteiger partial charge in [-0.15, -0.1) is 0 Å². The van der Waals surface area contributed by atoms with Gasteiger partial charge in [-0.3, -0.25) is 4.79 Å². The average molecular weight is 942 g/mol. The van der Waals surface area contributed by atoms with Gasteiger partial charge in [0, 0.05) is 6.42 Å². The summed E-state index contributed by atoms with van der Waals surface area (Å²) in [5.41, 5.74) is 0. The third-order valence-electron chi connectivity index (χ3n) is 12.8. The molecule has 14 nitrogen and oxygen atoms in total. The van der Waals surface area contributed by atoms with Crippen molar-refractivity contribution in [3.63, 3.8) is 0 Å². The Bertz CT molecular complexity index is 1250. The number of carbonyl (C=O) groups excluding carboxylic acids is 1. The minimum Gasteiger partial charge on any atom is -0.394 e. The molecule has 12 atom stereocenters. The maximum atomic E-state index is 13.1. The minimum absolute atomic E-state index is 0.253. The number of rotatable bonds is 40. The highest BCUT2D eigenvalue weighted by Gasteiger charge is 2.51. The lowest BCUT2D eigenvalue weighted by atomic mass is 9.97. The Morgan fingerprint density at radius 3 is 1.52 bits per heavy atom. The summed E-state index contributed by atoms with van der Waals surface area (Å²) >= 11 is 0. The van der Waals surface area contributed by atoms with Crippen molar-refractivity contribution < 1.29 is 64.6 Å². The standard InChI is InChI=1S/C52H95NO13/c1-3-5-7-9-11-13-14-15-16-17-18-19-20-21-22-23-24-25-26-28-30-32-34-36-44(57)53-40(41(56)35-33-31-29-27-12-10-8-6-4-2)39-63-51-49(62)47(60)50(43(38-55)65-51)66-52-48(61)46(59)45(58)42(37-54)64-52/h12,17-18,27,33,35,40-43,45-52,54-56,58-62H,3-11,13-16,19-26,28-32,34,36-39H2,1-2H3,(H,53,57)/b18-17-,27-12+,35-33+. The lowest BCUT2D eigenvalue weighted by molar-refractivity contribution is -0.359. The van der Waals surface area contributed by atoms with E-state index in [1.165, 1.54) is 122 Å². The smallest absolute Gasteiger partial charge is 0.220 e. The van der Waals surface area contributed by atoms with Crippen molar-refractivity contribution in [1.29, 1.82) is 0 Å². The molecule has 2 fully saturated rings. The van der Waals surface area contributed by atoms with Gasteiger partial charge in [-0.1, -0.05) is 166 Å². The van der Waals surface area contributed by atoms with Crippen LogP contribution in [0.1, 0.15) is 194 Å². The number of hydrogen-bond acceptors (Lipinski definition) is 13. The van der Waals surface area contributed by atoms with Crippen LogP contribution in [-0.4, -0.2) is 140 Å². The largest absolute Gasteiger partial charge is 0.394 e. The van der Waals surface area contributed by atoms with E-state index in [0.29, 0.717) is 12.8 Å². The summed E-state index contributed by atoms with van der Waals surface area (Å²) < 4.78 is 22.6. The van der Waals surface area contributed by atoms with Crippen LogP contribution in [0.3, 0.4) is 0 Å². The Kier molecular flexibility index (Phi) is 35.6. The van der Waals surface area contributed by atoms with Crippen molar-refractivity contribution in [2.75, 3.05) is 19.8 Å². The molecule has 2 aliphatic heterocycles. The van der Waals surface area contributed by atoms with Gasteiger partial charge in [0.2, 0.25) is 5.91 Å². The van der Waals surface area contributed by atoms with Gasteiger partial charge >= 0.3 is 0 Å². The van der Waals surface area contributed by atoms with Gasteiger partial charge in [0.05, 0.1) is 32.0 Å². The summed E-state index contributed by atoms with van der Waals surface area (Å²) in [4.78, 5) is 13.1. The summed E-state index contributed by atoms with van der Waals surface area (Å²) in [7, 11) is 0.